The molecule has 0 aliphatic carbocycles. The molecule has 2 N–H and O–H groups in total. The van der Waals surface area contributed by atoms with Crippen LogP contribution in [0.1, 0.15) is 40.0 Å². The Balaban J connectivity index is 2.01. The molecule has 2 heterocycles. The number of hydrogen-bond donors (Lipinski definition) is 1. The molecule has 18 heavy (non-hydrogen) atoms. The lowest BCUT2D eigenvalue weighted by Crippen LogP contribution is -2.58. The molecule has 0 aromatic heterocycles. The molecular formula is C15H31N3. The Kier molecular flexibility index (Phi) is 4.35. The number of fused-ring (bicyclic) bond motifs is 1. The second kappa shape index (κ2) is 5.48. The highest BCUT2D eigenvalue weighted by atomic mass is 15.2. The summed E-state index contributed by atoms with van der Waals surface area (Å²) < 4.78 is 0. The van der Waals surface area contributed by atoms with E-state index in [0.717, 1.165) is 18.5 Å². The number of nitrogens with two attached hydrogens (primary N) is 1. The molecule has 3 heteroatoms. The molecular weight excluding hydrogens is 222 g/mol. The predicted octanol–water partition coefficient (Wildman–Crippen LogP) is 1.78. The number of nitrogens with zero attached hydrogens (tertiary/aromatic N) is 2. The van der Waals surface area contributed by atoms with Crippen molar-refractivity contribution in [1.82, 2.24) is 9.80 Å². The SMILES string of the molecule is CN1CCCC2CN(C(CN)C(C)(C)C)CCC21. The van der Waals surface area contributed by atoms with Crippen molar-refractivity contribution in [2.24, 2.45) is 17.1 Å². The number of piperidine rings is 2. The lowest BCUT2D eigenvalue weighted by atomic mass is 9.80. The molecule has 0 saturated carbocycles. The minimum atomic E-state index is 0.294. The van der Waals surface area contributed by atoms with Crippen molar-refractivity contribution >= 4 is 0 Å². The Labute approximate surface area is 113 Å². The van der Waals surface area contributed by atoms with Crippen LogP contribution in [0.15, 0.2) is 0 Å². The first-order chi connectivity index (χ1) is 8.43. The van der Waals surface area contributed by atoms with E-state index in [4.69, 9.17) is 5.73 Å². The van der Waals surface area contributed by atoms with Gasteiger partial charge < -0.3 is 10.6 Å². The molecule has 3 nitrogen and oxygen atoms in total. The van der Waals surface area contributed by atoms with Gasteiger partial charge >= 0.3 is 0 Å². The zero-order valence-corrected chi connectivity index (χ0v) is 12.7. The van der Waals surface area contributed by atoms with Gasteiger partial charge in [-0.15, -0.1) is 0 Å². The third-order valence-electron chi connectivity index (χ3n) is 5.04. The van der Waals surface area contributed by atoms with E-state index < -0.39 is 0 Å². The maximum atomic E-state index is 6.03. The molecule has 2 rings (SSSR count). The van der Waals surface area contributed by atoms with Gasteiger partial charge in [0.1, 0.15) is 0 Å². The minimum Gasteiger partial charge on any atom is -0.329 e. The van der Waals surface area contributed by atoms with Crippen molar-refractivity contribution in [2.75, 3.05) is 33.2 Å². The molecule has 0 aromatic rings. The van der Waals surface area contributed by atoms with Crippen LogP contribution in [0.2, 0.25) is 0 Å². The number of hydrogen-bond acceptors (Lipinski definition) is 3. The summed E-state index contributed by atoms with van der Waals surface area (Å²) in [7, 11) is 2.30. The van der Waals surface area contributed by atoms with Crippen LogP contribution >= 0.6 is 0 Å². The molecule has 2 saturated heterocycles. The fourth-order valence-corrected chi connectivity index (χ4v) is 4.01. The quantitative estimate of drug-likeness (QED) is 0.814. The fraction of sp³-hybridized carbons (Fsp3) is 1.00. The van der Waals surface area contributed by atoms with Crippen LogP contribution in [-0.4, -0.2) is 55.1 Å². The Hall–Kier alpha value is -0.120. The first-order valence-electron chi connectivity index (χ1n) is 7.58. The third-order valence-corrected chi connectivity index (χ3v) is 5.04. The molecule has 0 radical (unpaired) electrons. The van der Waals surface area contributed by atoms with Crippen LogP contribution in [0.5, 0.6) is 0 Å². The van der Waals surface area contributed by atoms with Gasteiger partial charge in [-0.25, -0.2) is 0 Å². The van der Waals surface area contributed by atoms with Crippen LogP contribution in [0, 0.1) is 11.3 Å². The van der Waals surface area contributed by atoms with Gasteiger partial charge in [-0.3, -0.25) is 4.90 Å². The van der Waals surface area contributed by atoms with Gasteiger partial charge in [0, 0.05) is 31.7 Å². The van der Waals surface area contributed by atoms with Crippen LogP contribution in [0.25, 0.3) is 0 Å². The Bertz CT molecular complexity index is 271. The molecule has 2 fully saturated rings. The first-order valence-corrected chi connectivity index (χ1v) is 7.58. The van der Waals surface area contributed by atoms with Crippen molar-refractivity contribution in [1.29, 1.82) is 0 Å². The van der Waals surface area contributed by atoms with Gasteiger partial charge in [-0.2, -0.15) is 0 Å². The molecule has 2 aliphatic rings. The van der Waals surface area contributed by atoms with E-state index in [0.29, 0.717) is 11.5 Å². The van der Waals surface area contributed by atoms with Gasteiger partial charge in [-0.1, -0.05) is 20.8 Å². The molecule has 3 atom stereocenters. The highest BCUT2D eigenvalue weighted by molar-refractivity contribution is 4.94. The monoisotopic (exact) mass is 253 g/mol. The maximum absolute atomic E-state index is 6.03. The van der Waals surface area contributed by atoms with Gasteiger partial charge in [0.05, 0.1) is 0 Å². The fourth-order valence-electron chi connectivity index (χ4n) is 4.01. The molecule has 0 bridgehead atoms. The highest BCUT2D eigenvalue weighted by Gasteiger charge is 2.38. The van der Waals surface area contributed by atoms with E-state index in [1.165, 1.54) is 38.9 Å². The van der Waals surface area contributed by atoms with Gasteiger partial charge in [0.2, 0.25) is 0 Å². The lowest BCUT2D eigenvalue weighted by molar-refractivity contribution is -0.00271. The first kappa shape index (κ1) is 14.3. The highest BCUT2D eigenvalue weighted by Crippen LogP contribution is 2.33. The summed E-state index contributed by atoms with van der Waals surface area (Å²) in [5.41, 5.74) is 6.33. The molecule has 0 aromatic carbocycles. The van der Waals surface area contributed by atoms with Crippen molar-refractivity contribution in [2.45, 2.75) is 52.1 Å². The predicted molar refractivity (Wildman–Crippen MR) is 77.6 cm³/mol. The molecule has 2 aliphatic heterocycles. The average Bonchev–Trinajstić information content (AvgIpc) is 2.28. The van der Waals surface area contributed by atoms with E-state index in [1.54, 1.807) is 0 Å². The summed E-state index contributed by atoms with van der Waals surface area (Å²) in [6.07, 6.45) is 4.11. The van der Waals surface area contributed by atoms with Gasteiger partial charge in [0.25, 0.3) is 0 Å². The van der Waals surface area contributed by atoms with E-state index >= 15 is 0 Å². The van der Waals surface area contributed by atoms with Crippen LogP contribution in [0.3, 0.4) is 0 Å². The van der Waals surface area contributed by atoms with Crippen molar-refractivity contribution in [3.8, 4) is 0 Å². The largest absolute Gasteiger partial charge is 0.329 e. The van der Waals surface area contributed by atoms with Crippen molar-refractivity contribution < 1.29 is 0 Å². The average molecular weight is 253 g/mol. The summed E-state index contributed by atoms with van der Waals surface area (Å²) in [5.74, 6) is 0.869. The normalized spacial score (nSPS) is 33.2. The topological polar surface area (TPSA) is 32.5 Å². The Morgan fingerprint density at radius 1 is 1.22 bits per heavy atom. The number of likely N-dealkylation sites (tertiary alicyclic amines) is 2. The third kappa shape index (κ3) is 2.89. The molecule has 106 valence electrons. The lowest BCUT2D eigenvalue weighted by Gasteiger charge is -2.50. The summed E-state index contributed by atoms with van der Waals surface area (Å²) in [6, 6.07) is 1.36. The van der Waals surface area contributed by atoms with Crippen LogP contribution in [0.4, 0.5) is 0 Å². The standard InChI is InChI=1S/C15H31N3/c1-15(2,3)14(10-16)18-9-7-13-12(11-18)6-5-8-17(13)4/h12-14H,5-11,16H2,1-4H3. The summed E-state index contributed by atoms with van der Waals surface area (Å²) in [5, 5.41) is 0. The summed E-state index contributed by atoms with van der Waals surface area (Å²) >= 11 is 0. The van der Waals surface area contributed by atoms with Crippen LogP contribution < -0.4 is 5.73 Å². The Morgan fingerprint density at radius 2 is 1.94 bits per heavy atom. The second-order valence-electron chi connectivity index (χ2n) is 7.35. The molecule has 3 unspecified atom stereocenters. The van der Waals surface area contributed by atoms with Gasteiger partial charge in [-0.05, 0) is 44.2 Å². The Morgan fingerprint density at radius 3 is 2.56 bits per heavy atom. The molecule has 0 amide bonds. The zero-order valence-electron chi connectivity index (χ0n) is 12.7. The maximum Gasteiger partial charge on any atom is 0.0266 e. The van der Waals surface area contributed by atoms with Crippen LogP contribution in [-0.2, 0) is 0 Å². The zero-order chi connectivity index (χ0) is 13.3. The smallest absolute Gasteiger partial charge is 0.0266 e. The van der Waals surface area contributed by atoms with Gasteiger partial charge in [0.15, 0.2) is 0 Å². The minimum absolute atomic E-state index is 0.294. The number of rotatable bonds is 2. The van der Waals surface area contributed by atoms with Crippen molar-refractivity contribution in [3.63, 3.8) is 0 Å². The van der Waals surface area contributed by atoms with E-state index in [2.05, 4.69) is 37.6 Å². The summed E-state index contributed by atoms with van der Waals surface area (Å²) in [6.45, 7) is 11.5. The summed E-state index contributed by atoms with van der Waals surface area (Å²) in [4.78, 5) is 5.25. The molecule has 0 spiro atoms. The second-order valence-corrected chi connectivity index (χ2v) is 7.35. The van der Waals surface area contributed by atoms with E-state index in [9.17, 15) is 0 Å². The van der Waals surface area contributed by atoms with E-state index in [-0.39, 0.29) is 0 Å². The van der Waals surface area contributed by atoms with Crippen molar-refractivity contribution in [3.05, 3.63) is 0 Å². The van der Waals surface area contributed by atoms with E-state index in [1.807, 2.05) is 0 Å².